The molecule has 0 unspecified atom stereocenters. The maximum atomic E-state index is 5.96. The van der Waals surface area contributed by atoms with Gasteiger partial charge in [0.2, 0.25) is 5.88 Å². The molecular formula is C19H26N4O2. The Morgan fingerprint density at radius 1 is 1.32 bits per heavy atom. The molecule has 6 heteroatoms. The van der Waals surface area contributed by atoms with Crippen LogP contribution in [0.25, 0.3) is 0 Å². The Labute approximate surface area is 148 Å². The summed E-state index contributed by atoms with van der Waals surface area (Å²) in [6.45, 7) is 4.02. The van der Waals surface area contributed by atoms with E-state index in [2.05, 4.69) is 20.6 Å². The molecular weight excluding hydrogens is 316 g/mol. The zero-order valence-electron chi connectivity index (χ0n) is 14.7. The SMILES string of the molecule is CCNC(=NCc1ccnc(OC2CCCC2)c1)NCc1ccco1. The number of hydrogen-bond donors (Lipinski definition) is 2. The Balaban J connectivity index is 1.57. The van der Waals surface area contributed by atoms with E-state index in [1.807, 2.05) is 31.2 Å². The van der Waals surface area contributed by atoms with Crippen LogP contribution < -0.4 is 15.4 Å². The summed E-state index contributed by atoms with van der Waals surface area (Å²) < 4.78 is 11.3. The number of furan rings is 1. The van der Waals surface area contributed by atoms with Crippen LogP contribution in [-0.2, 0) is 13.1 Å². The van der Waals surface area contributed by atoms with Crippen LogP contribution in [0.15, 0.2) is 46.1 Å². The average Bonchev–Trinajstić information content (AvgIpc) is 3.31. The molecule has 0 saturated heterocycles. The van der Waals surface area contributed by atoms with E-state index in [9.17, 15) is 0 Å². The van der Waals surface area contributed by atoms with Crippen LogP contribution in [-0.4, -0.2) is 23.6 Å². The van der Waals surface area contributed by atoms with Gasteiger partial charge in [0.15, 0.2) is 5.96 Å². The van der Waals surface area contributed by atoms with Crippen LogP contribution in [0.5, 0.6) is 5.88 Å². The van der Waals surface area contributed by atoms with Crippen LogP contribution in [0.3, 0.4) is 0 Å². The lowest BCUT2D eigenvalue weighted by atomic mass is 10.2. The van der Waals surface area contributed by atoms with Gasteiger partial charge in [0.25, 0.3) is 0 Å². The van der Waals surface area contributed by atoms with E-state index >= 15 is 0 Å². The number of guanidine groups is 1. The van der Waals surface area contributed by atoms with E-state index in [0.29, 0.717) is 25.1 Å². The fourth-order valence-electron chi connectivity index (χ4n) is 2.89. The van der Waals surface area contributed by atoms with Gasteiger partial charge in [-0.1, -0.05) is 0 Å². The van der Waals surface area contributed by atoms with Gasteiger partial charge in [0.05, 0.1) is 19.4 Å². The molecule has 0 radical (unpaired) electrons. The van der Waals surface area contributed by atoms with Crippen molar-refractivity contribution in [3.63, 3.8) is 0 Å². The summed E-state index contributed by atoms with van der Waals surface area (Å²) in [4.78, 5) is 8.95. The molecule has 2 heterocycles. The van der Waals surface area contributed by atoms with E-state index in [1.165, 1.54) is 12.8 Å². The maximum absolute atomic E-state index is 5.96. The molecule has 1 fully saturated rings. The molecule has 0 aliphatic heterocycles. The Bertz CT molecular complexity index is 664. The second-order valence-corrected chi connectivity index (χ2v) is 6.15. The van der Waals surface area contributed by atoms with Gasteiger partial charge in [-0.2, -0.15) is 0 Å². The second-order valence-electron chi connectivity index (χ2n) is 6.15. The van der Waals surface area contributed by atoms with E-state index < -0.39 is 0 Å². The van der Waals surface area contributed by atoms with Gasteiger partial charge in [0, 0.05) is 18.8 Å². The van der Waals surface area contributed by atoms with Crippen molar-refractivity contribution in [3.8, 4) is 5.88 Å². The molecule has 6 nitrogen and oxygen atoms in total. The molecule has 2 aromatic rings. The zero-order chi connectivity index (χ0) is 17.3. The third-order valence-corrected chi connectivity index (χ3v) is 4.16. The summed E-state index contributed by atoms with van der Waals surface area (Å²) in [5, 5.41) is 6.50. The van der Waals surface area contributed by atoms with Crippen molar-refractivity contribution in [2.24, 2.45) is 4.99 Å². The van der Waals surface area contributed by atoms with Crippen LogP contribution in [0.1, 0.15) is 43.9 Å². The summed E-state index contributed by atoms with van der Waals surface area (Å²) in [6.07, 6.45) is 8.54. The Morgan fingerprint density at radius 2 is 2.20 bits per heavy atom. The number of hydrogen-bond acceptors (Lipinski definition) is 4. The Hall–Kier alpha value is -2.50. The number of rotatable bonds is 7. The van der Waals surface area contributed by atoms with Crippen molar-refractivity contribution >= 4 is 5.96 Å². The number of pyridine rings is 1. The average molecular weight is 342 g/mol. The van der Waals surface area contributed by atoms with Crippen LogP contribution >= 0.6 is 0 Å². The number of ether oxygens (including phenoxy) is 1. The first kappa shape index (κ1) is 17.3. The third-order valence-electron chi connectivity index (χ3n) is 4.16. The summed E-state index contributed by atoms with van der Waals surface area (Å²) in [7, 11) is 0. The molecule has 2 aromatic heterocycles. The lowest BCUT2D eigenvalue weighted by Crippen LogP contribution is -2.36. The fourth-order valence-corrected chi connectivity index (χ4v) is 2.89. The first-order valence-electron chi connectivity index (χ1n) is 8.99. The highest BCUT2D eigenvalue weighted by molar-refractivity contribution is 5.79. The molecule has 0 spiro atoms. The monoisotopic (exact) mass is 342 g/mol. The molecule has 3 rings (SSSR count). The molecule has 1 saturated carbocycles. The molecule has 0 bridgehead atoms. The van der Waals surface area contributed by atoms with Gasteiger partial charge in [-0.25, -0.2) is 9.98 Å². The molecule has 1 aliphatic rings. The molecule has 2 N–H and O–H groups in total. The number of nitrogens with one attached hydrogen (secondary N) is 2. The summed E-state index contributed by atoms with van der Waals surface area (Å²) in [5.74, 6) is 2.34. The Morgan fingerprint density at radius 3 is 2.96 bits per heavy atom. The third kappa shape index (κ3) is 5.52. The molecule has 0 atom stereocenters. The highest BCUT2D eigenvalue weighted by Crippen LogP contribution is 2.23. The Kier molecular flexibility index (Phi) is 6.31. The standard InChI is InChI=1S/C19H26N4O2/c1-2-20-19(23-14-17-8-5-11-24-17)22-13-15-9-10-21-18(12-15)25-16-6-3-4-7-16/h5,8-12,16H,2-4,6-7,13-14H2,1H3,(H2,20,22,23). The van der Waals surface area contributed by atoms with Crippen molar-refractivity contribution in [1.82, 2.24) is 15.6 Å². The minimum Gasteiger partial charge on any atom is -0.474 e. The smallest absolute Gasteiger partial charge is 0.213 e. The fraction of sp³-hybridized carbons (Fsp3) is 0.474. The lowest BCUT2D eigenvalue weighted by Gasteiger charge is -2.13. The van der Waals surface area contributed by atoms with Crippen molar-refractivity contribution in [2.45, 2.75) is 51.8 Å². The van der Waals surface area contributed by atoms with Gasteiger partial charge >= 0.3 is 0 Å². The highest BCUT2D eigenvalue weighted by atomic mass is 16.5. The second kappa shape index (κ2) is 9.11. The van der Waals surface area contributed by atoms with E-state index in [-0.39, 0.29) is 0 Å². The summed E-state index contributed by atoms with van der Waals surface area (Å²) in [5.41, 5.74) is 1.08. The van der Waals surface area contributed by atoms with Crippen molar-refractivity contribution < 1.29 is 9.15 Å². The van der Waals surface area contributed by atoms with E-state index in [4.69, 9.17) is 9.15 Å². The normalized spacial score (nSPS) is 15.3. The predicted octanol–water partition coefficient (Wildman–Crippen LogP) is 3.25. The van der Waals surface area contributed by atoms with Gasteiger partial charge in [0.1, 0.15) is 11.9 Å². The molecule has 0 aromatic carbocycles. The minimum atomic E-state index is 0.318. The van der Waals surface area contributed by atoms with Gasteiger partial charge in [-0.05, 0) is 56.4 Å². The van der Waals surface area contributed by atoms with Crippen molar-refractivity contribution in [2.75, 3.05) is 6.54 Å². The minimum absolute atomic E-state index is 0.318. The molecule has 1 aliphatic carbocycles. The lowest BCUT2D eigenvalue weighted by molar-refractivity contribution is 0.201. The van der Waals surface area contributed by atoms with Crippen molar-refractivity contribution in [1.29, 1.82) is 0 Å². The first-order chi connectivity index (χ1) is 12.3. The maximum Gasteiger partial charge on any atom is 0.213 e. The largest absolute Gasteiger partial charge is 0.474 e. The topological polar surface area (TPSA) is 71.7 Å². The van der Waals surface area contributed by atoms with Crippen LogP contribution in [0.4, 0.5) is 0 Å². The van der Waals surface area contributed by atoms with Gasteiger partial charge in [-0.15, -0.1) is 0 Å². The summed E-state index contributed by atoms with van der Waals surface area (Å²) >= 11 is 0. The number of aliphatic imine (C=N–C) groups is 1. The van der Waals surface area contributed by atoms with E-state index in [1.54, 1.807) is 12.5 Å². The predicted molar refractivity (Wildman–Crippen MR) is 97.5 cm³/mol. The summed E-state index contributed by atoms with van der Waals surface area (Å²) in [6, 6.07) is 7.77. The van der Waals surface area contributed by atoms with Crippen molar-refractivity contribution in [3.05, 3.63) is 48.0 Å². The number of aromatic nitrogens is 1. The number of nitrogens with zero attached hydrogens (tertiary/aromatic N) is 2. The molecule has 134 valence electrons. The first-order valence-corrected chi connectivity index (χ1v) is 8.99. The quantitative estimate of drug-likeness (QED) is 0.597. The van der Waals surface area contributed by atoms with Gasteiger partial charge < -0.3 is 19.8 Å². The molecule has 25 heavy (non-hydrogen) atoms. The molecule has 0 amide bonds. The van der Waals surface area contributed by atoms with E-state index in [0.717, 1.165) is 36.7 Å². The zero-order valence-corrected chi connectivity index (χ0v) is 14.7. The van der Waals surface area contributed by atoms with Gasteiger partial charge in [-0.3, -0.25) is 0 Å². The van der Waals surface area contributed by atoms with Crippen LogP contribution in [0.2, 0.25) is 0 Å². The highest BCUT2D eigenvalue weighted by Gasteiger charge is 2.16. The van der Waals surface area contributed by atoms with Crippen LogP contribution in [0, 0.1) is 0 Å².